The largest absolute Gasteiger partial charge is 0.485 e. The average Bonchev–Trinajstić information content (AvgIpc) is 3.43. The van der Waals surface area contributed by atoms with Gasteiger partial charge in [-0.3, -0.25) is 4.90 Å². The van der Waals surface area contributed by atoms with Crippen molar-refractivity contribution in [3.05, 3.63) is 78.4 Å². The van der Waals surface area contributed by atoms with Crippen LogP contribution in [0.1, 0.15) is 24.2 Å². The number of imidazole rings is 1. The number of rotatable bonds is 7. The Morgan fingerprint density at radius 2 is 1.71 bits per heavy atom. The summed E-state index contributed by atoms with van der Waals surface area (Å²) in [5, 5.41) is 10.8. The topological polar surface area (TPSA) is 70.6 Å². The molecule has 4 atom stereocenters. The SMILES string of the molecule is O[C@@H]1C[C@H]2CN(Cc3ncc[nH]3)C[C@H]2C[C@H]1Oc1ccccc1OCc1ccccc1. The van der Waals surface area contributed by atoms with Gasteiger partial charge in [-0.05, 0) is 42.4 Å². The van der Waals surface area contributed by atoms with Gasteiger partial charge < -0.3 is 19.6 Å². The smallest absolute Gasteiger partial charge is 0.161 e. The Morgan fingerprint density at radius 1 is 0.968 bits per heavy atom. The summed E-state index contributed by atoms with van der Waals surface area (Å²) in [5.74, 6) is 3.45. The molecular formula is C25H29N3O3. The van der Waals surface area contributed by atoms with E-state index in [1.54, 1.807) is 6.20 Å². The van der Waals surface area contributed by atoms with Gasteiger partial charge in [-0.15, -0.1) is 0 Å². The van der Waals surface area contributed by atoms with Gasteiger partial charge in [0.2, 0.25) is 0 Å². The van der Waals surface area contributed by atoms with E-state index >= 15 is 0 Å². The number of H-pyrrole nitrogens is 1. The fourth-order valence-corrected chi connectivity index (χ4v) is 4.90. The first-order valence-corrected chi connectivity index (χ1v) is 11.1. The number of ether oxygens (including phenoxy) is 2. The molecular weight excluding hydrogens is 390 g/mol. The lowest BCUT2D eigenvalue weighted by molar-refractivity contribution is -0.0243. The van der Waals surface area contributed by atoms with Crippen LogP contribution in [-0.4, -0.2) is 45.3 Å². The van der Waals surface area contributed by atoms with Crippen molar-refractivity contribution in [1.29, 1.82) is 0 Å². The van der Waals surface area contributed by atoms with Crippen molar-refractivity contribution >= 4 is 0 Å². The standard InChI is InChI=1S/C25H29N3O3/c29-21-12-19-14-28(16-25-26-10-11-27-25)15-20(19)13-24(21)31-23-9-5-4-8-22(23)30-17-18-6-2-1-3-7-18/h1-11,19-21,24,29H,12-17H2,(H,26,27)/t19-,20+,21+,24+/m0/s1. The highest BCUT2D eigenvalue weighted by atomic mass is 16.5. The van der Waals surface area contributed by atoms with Gasteiger partial charge in [0.1, 0.15) is 18.5 Å². The number of nitrogens with zero attached hydrogens (tertiary/aromatic N) is 2. The Morgan fingerprint density at radius 3 is 2.48 bits per heavy atom. The minimum Gasteiger partial charge on any atom is -0.485 e. The molecule has 0 bridgehead atoms. The lowest BCUT2D eigenvalue weighted by atomic mass is 9.78. The van der Waals surface area contributed by atoms with Crippen LogP contribution in [0.4, 0.5) is 0 Å². The molecule has 1 saturated heterocycles. The number of aromatic amines is 1. The first-order valence-electron chi connectivity index (χ1n) is 11.1. The third kappa shape index (κ3) is 4.75. The fourth-order valence-electron chi connectivity index (χ4n) is 4.90. The van der Waals surface area contributed by atoms with Crippen molar-refractivity contribution < 1.29 is 14.6 Å². The highest BCUT2D eigenvalue weighted by Gasteiger charge is 2.42. The number of likely N-dealkylation sites (tertiary alicyclic amines) is 1. The predicted molar refractivity (Wildman–Crippen MR) is 118 cm³/mol. The zero-order valence-corrected chi connectivity index (χ0v) is 17.6. The Hall–Kier alpha value is -2.83. The molecule has 0 spiro atoms. The van der Waals surface area contributed by atoms with Crippen LogP contribution in [0.5, 0.6) is 11.5 Å². The number of benzene rings is 2. The van der Waals surface area contributed by atoms with Crippen molar-refractivity contribution in [3.63, 3.8) is 0 Å². The fraction of sp³-hybridized carbons (Fsp3) is 0.400. The van der Waals surface area contributed by atoms with Gasteiger partial charge in [-0.1, -0.05) is 42.5 Å². The number of aliphatic hydroxyl groups excluding tert-OH is 1. The van der Waals surface area contributed by atoms with E-state index in [1.165, 1.54) is 0 Å². The number of aromatic nitrogens is 2. The number of aliphatic hydroxyl groups is 1. The molecule has 2 fully saturated rings. The maximum absolute atomic E-state index is 10.8. The molecule has 1 saturated carbocycles. The van der Waals surface area contributed by atoms with Crippen molar-refractivity contribution in [2.75, 3.05) is 13.1 Å². The minimum atomic E-state index is -0.466. The quantitative estimate of drug-likeness (QED) is 0.612. The normalized spacial score (nSPS) is 25.8. The maximum Gasteiger partial charge on any atom is 0.161 e. The van der Waals surface area contributed by atoms with E-state index in [1.807, 2.05) is 60.8 Å². The maximum atomic E-state index is 10.8. The molecule has 5 rings (SSSR count). The second-order valence-corrected chi connectivity index (χ2v) is 8.67. The van der Waals surface area contributed by atoms with Gasteiger partial charge in [0, 0.05) is 25.5 Å². The molecule has 3 aromatic rings. The molecule has 6 nitrogen and oxygen atoms in total. The van der Waals surface area contributed by atoms with Crippen LogP contribution in [-0.2, 0) is 13.2 Å². The molecule has 0 amide bonds. The molecule has 1 aliphatic heterocycles. The summed E-state index contributed by atoms with van der Waals surface area (Å²) in [7, 11) is 0. The van der Waals surface area contributed by atoms with Crippen LogP contribution in [0, 0.1) is 11.8 Å². The summed E-state index contributed by atoms with van der Waals surface area (Å²) in [5.41, 5.74) is 1.11. The third-order valence-electron chi connectivity index (χ3n) is 6.45. The number of para-hydroxylation sites is 2. The second-order valence-electron chi connectivity index (χ2n) is 8.67. The molecule has 2 N–H and O–H groups in total. The zero-order chi connectivity index (χ0) is 21.0. The van der Waals surface area contributed by atoms with E-state index < -0.39 is 6.10 Å². The van der Waals surface area contributed by atoms with Gasteiger partial charge in [-0.25, -0.2) is 4.98 Å². The Balaban J connectivity index is 1.22. The first-order chi connectivity index (χ1) is 15.2. The lowest BCUT2D eigenvalue weighted by Gasteiger charge is -2.35. The second kappa shape index (κ2) is 9.12. The van der Waals surface area contributed by atoms with E-state index in [0.717, 1.165) is 43.9 Å². The summed E-state index contributed by atoms with van der Waals surface area (Å²) < 4.78 is 12.4. The summed E-state index contributed by atoms with van der Waals surface area (Å²) in [4.78, 5) is 9.96. The Labute approximate surface area is 182 Å². The van der Waals surface area contributed by atoms with Gasteiger partial charge in [0.25, 0.3) is 0 Å². The van der Waals surface area contributed by atoms with E-state index in [9.17, 15) is 5.11 Å². The number of hydrogen-bond donors (Lipinski definition) is 2. The first kappa shape index (κ1) is 20.1. The van der Waals surface area contributed by atoms with Crippen molar-refractivity contribution in [2.24, 2.45) is 11.8 Å². The zero-order valence-electron chi connectivity index (χ0n) is 17.6. The van der Waals surface area contributed by atoms with Crippen LogP contribution in [0.3, 0.4) is 0 Å². The summed E-state index contributed by atoms with van der Waals surface area (Å²) >= 11 is 0. The lowest BCUT2D eigenvalue weighted by Crippen LogP contribution is -2.42. The van der Waals surface area contributed by atoms with E-state index in [0.29, 0.717) is 29.9 Å². The minimum absolute atomic E-state index is 0.216. The van der Waals surface area contributed by atoms with Crippen LogP contribution >= 0.6 is 0 Å². The van der Waals surface area contributed by atoms with Gasteiger partial charge >= 0.3 is 0 Å². The third-order valence-corrected chi connectivity index (χ3v) is 6.45. The molecule has 1 aliphatic carbocycles. The number of nitrogens with one attached hydrogen (secondary N) is 1. The average molecular weight is 420 g/mol. The van der Waals surface area contributed by atoms with Gasteiger partial charge in [0.05, 0.1) is 12.6 Å². The van der Waals surface area contributed by atoms with Crippen LogP contribution in [0.25, 0.3) is 0 Å². The van der Waals surface area contributed by atoms with Crippen molar-refractivity contribution in [3.8, 4) is 11.5 Å². The summed E-state index contributed by atoms with van der Waals surface area (Å²) in [6, 6.07) is 17.9. The molecule has 2 aliphatic rings. The van der Waals surface area contributed by atoms with Gasteiger partial charge in [-0.2, -0.15) is 0 Å². The molecule has 2 heterocycles. The monoisotopic (exact) mass is 419 g/mol. The van der Waals surface area contributed by atoms with E-state index in [2.05, 4.69) is 14.9 Å². The predicted octanol–water partition coefficient (Wildman–Crippen LogP) is 3.64. The van der Waals surface area contributed by atoms with Crippen LogP contribution in [0.15, 0.2) is 67.0 Å². The molecule has 6 heteroatoms. The molecule has 162 valence electrons. The van der Waals surface area contributed by atoms with E-state index in [4.69, 9.17) is 9.47 Å². The molecule has 2 aromatic carbocycles. The van der Waals surface area contributed by atoms with Gasteiger partial charge in [0.15, 0.2) is 11.5 Å². The molecule has 31 heavy (non-hydrogen) atoms. The van der Waals surface area contributed by atoms with Crippen molar-refractivity contribution in [2.45, 2.75) is 38.2 Å². The summed E-state index contributed by atoms with van der Waals surface area (Å²) in [6.07, 6.45) is 4.61. The van der Waals surface area contributed by atoms with Crippen molar-refractivity contribution in [1.82, 2.24) is 14.9 Å². The van der Waals surface area contributed by atoms with E-state index in [-0.39, 0.29) is 6.10 Å². The number of fused-ring (bicyclic) bond motifs is 1. The molecule has 0 unspecified atom stereocenters. The van der Waals surface area contributed by atoms with Crippen LogP contribution in [0.2, 0.25) is 0 Å². The summed E-state index contributed by atoms with van der Waals surface area (Å²) in [6.45, 7) is 3.34. The van der Waals surface area contributed by atoms with Crippen LogP contribution < -0.4 is 9.47 Å². The highest BCUT2D eigenvalue weighted by Crippen LogP contribution is 2.39. The highest BCUT2D eigenvalue weighted by molar-refractivity contribution is 5.40. The Bertz CT molecular complexity index is 963. The molecule has 1 aromatic heterocycles. The molecule has 0 radical (unpaired) electrons. The Kier molecular flexibility index (Phi) is 5.91. The number of hydrogen-bond acceptors (Lipinski definition) is 5.